The van der Waals surface area contributed by atoms with Crippen LogP contribution < -0.4 is 0 Å². The molecule has 0 aliphatic carbocycles. The largest absolute Gasteiger partial charge is 0.465 e. The predicted octanol–water partition coefficient (Wildman–Crippen LogP) is 2.34. The molecule has 0 saturated heterocycles. The minimum Gasteiger partial charge on any atom is -0.465 e. The molecular formula is C9H9O2S. The van der Waals surface area contributed by atoms with Gasteiger partial charge in [0, 0.05) is 4.90 Å². The number of hydrogen-bond acceptors (Lipinski definition) is 2. The summed E-state index contributed by atoms with van der Waals surface area (Å²) in [6.07, 6.45) is 0. The maximum absolute atomic E-state index is 11.0. The Morgan fingerprint density at radius 3 is 2.67 bits per heavy atom. The summed E-state index contributed by atoms with van der Waals surface area (Å²) < 4.78 is 4.56. The van der Waals surface area contributed by atoms with Crippen LogP contribution in [0.25, 0.3) is 0 Å². The second-order valence-electron chi connectivity index (χ2n) is 2.47. The van der Waals surface area contributed by atoms with Crippen LogP contribution in [0.15, 0.2) is 23.1 Å². The predicted molar refractivity (Wildman–Crippen MR) is 48.4 cm³/mol. The van der Waals surface area contributed by atoms with Gasteiger partial charge in [0.1, 0.15) is 0 Å². The number of benzene rings is 1. The van der Waals surface area contributed by atoms with E-state index >= 15 is 0 Å². The second-order valence-corrected chi connectivity index (χ2v) is 2.91. The third-order valence-electron chi connectivity index (χ3n) is 1.60. The van der Waals surface area contributed by atoms with Crippen LogP contribution in [-0.4, -0.2) is 13.1 Å². The molecular weight excluding hydrogens is 172 g/mol. The summed E-state index contributed by atoms with van der Waals surface area (Å²) in [5.74, 6) is -0.326. The average molecular weight is 181 g/mol. The summed E-state index contributed by atoms with van der Waals surface area (Å²) in [7, 11) is 1.36. The van der Waals surface area contributed by atoms with E-state index in [2.05, 4.69) is 4.74 Å². The Balaban J connectivity index is 3.05. The maximum atomic E-state index is 11.0. The molecule has 0 aromatic heterocycles. The highest BCUT2D eigenvalue weighted by Gasteiger charge is 2.05. The number of aryl methyl sites for hydroxylation is 1. The number of carbonyl (C=O) groups excluding carboxylic acids is 1. The Morgan fingerprint density at radius 1 is 1.50 bits per heavy atom. The standard InChI is InChI=1S/C9H9O2S/c1-6-5-7(9(10)11-2)3-4-8(6)12/h3-5H,1-2H3. The zero-order valence-electron chi connectivity index (χ0n) is 6.96. The SMILES string of the molecule is COC(=O)c1ccc([S])c(C)c1. The molecule has 0 atom stereocenters. The molecule has 1 radical (unpaired) electrons. The first kappa shape index (κ1) is 9.00. The topological polar surface area (TPSA) is 26.3 Å². The Morgan fingerprint density at radius 2 is 2.17 bits per heavy atom. The fourth-order valence-electron chi connectivity index (χ4n) is 0.894. The lowest BCUT2D eigenvalue weighted by Gasteiger charge is -2.01. The van der Waals surface area contributed by atoms with Crippen molar-refractivity contribution in [2.24, 2.45) is 0 Å². The van der Waals surface area contributed by atoms with E-state index in [0.29, 0.717) is 5.56 Å². The van der Waals surface area contributed by atoms with E-state index in [1.807, 2.05) is 6.92 Å². The summed E-state index contributed by atoms with van der Waals surface area (Å²) in [4.78, 5) is 11.8. The molecule has 0 spiro atoms. The molecule has 0 N–H and O–H groups in total. The van der Waals surface area contributed by atoms with Crippen molar-refractivity contribution in [2.45, 2.75) is 11.8 Å². The molecule has 63 valence electrons. The zero-order chi connectivity index (χ0) is 9.14. The van der Waals surface area contributed by atoms with E-state index in [1.54, 1.807) is 18.2 Å². The monoisotopic (exact) mass is 181 g/mol. The van der Waals surface area contributed by atoms with Crippen molar-refractivity contribution >= 4 is 18.6 Å². The average Bonchev–Trinajstić information content (AvgIpc) is 2.08. The fourth-order valence-corrected chi connectivity index (χ4v) is 1.02. The van der Waals surface area contributed by atoms with E-state index in [1.165, 1.54) is 7.11 Å². The van der Waals surface area contributed by atoms with Gasteiger partial charge in [-0.05, 0) is 30.7 Å². The van der Waals surface area contributed by atoms with Crippen molar-refractivity contribution in [1.82, 2.24) is 0 Å². The number of rotatable bonds is 1. The molecule has 1 rings (SSSR count). The normalized spacial score (nSPS) is 9.50. The van der Waals surface area contributed by atoms with Crippen LogP contribution in [0, 0.1) is 6.92 Å². The lowest BCUT2D eigenvalue weighted by atomic mass is 10.1. The second kappa shape index (κ2) is 3.54. The molecule has 0 aliphatic rings. The van der Waals surface area contributed by atoms with Gasteiger partial charge in [-0.25, -0.2) is 4.79 Å². The van der Waals surface area contributed by atoms with Gasteiger partial charge < -0.3 is 4.74 Å². The van der Waals surface area contributed by atoms with E-state index in [9.17, 15) is 4.79 Å². The molecule has 1 aromatic rings. The molecule has 2 nitrogen and oxygen atoms in total. The molecule has 0 amide bonds. The van der Waals surface area contributed by atoms with Gasteiger partial charge in [-0.3, -0.25) is 0 Å². The van der Waals surface area contributed by atoms with Crippen LogP contribution in [0.4, 0.5) is 0 Å². The Hall–Kier alpha value is -1.09. The highest BCUT2D eigenvalue weighted by Crippen LogP contribution is 2.14. The van der Waals surface area contributed by atoms with Gasteiger partial charge in [0.2, 0.25) is 0 Å². The van der Waals surface area contributed by atoms with Gasteiger partial charge in [0.15, 0.2) is 0 Å². The molecule has 0 unspecified atom stereocenters. The van der Waals surface area contributed by atoms with Crippen molar-refractivity contribution < 1.29 is 9.53 Å². The number of ether oxygens (including phenoxy) is 1. The van der Waals surface area contributed by atoms with Crippen LogP contribution >= 0.6 is 12.6 Å². The van der Waals surface area contributed by atoms with E-state index in [0.717, 1.165) is 10.5 Å². The summed E-state index contributed by atoms with van der Waals surface area (Å²) in [6.45, 7) is 1.87. The van der Waals surface area contributed by atoms with Crippen molar-refractivity contribution in [2.75, 3.05) is 7.11 Å². The molecule has 0 bridgehead atoms. The molecule has 0 heterocycles. The summed E-state index contributed by atoms with van der Waals surface area (Å²) in [6, 6.07) is 5.13. The maximum Gasteiger partial charge on any atom is 0.337 e. The quantitative estimate of drug-likeness (QED) is 0.621. The highest BCUT2D eigenvalue weighted by molar-refractivity contribution is 7.80. The minimum absolute atomic E-state index is 0.326. The smallest absolute Gasteiger partial charge is 0.337 e. The molecule has 1 aromatic carbocycles. The van der Waals surface area contributed by atoms with Crippen molar-refractivity contribution in [3.63, 3.8) is 0 Å². The Kier molecular flexibility index (Phi) is 2.65. The van der Waals surface area contributed by atoms with Crippen LogP contribution in [0.1, 0.15) is 15.9 Å². The minimum atomic E-state index is -0.326. The number of methoxy groups -OCH3 is 1. The first-order chi connectivity index (χ1) is 5.65. The summed E-state index contributed by atoms with van der Waals surface area (Å²) in [5.41, 5.74) is 1.47. The fraction of sp³-hybridized carbons (Fsp3) is 0.222. The first-order valence-corrected chi connectivity index (χ1v) is 3.92. The number of carbonyl (C=O) groups is 1. The van der Waals surface area contributed by atoms with E-state index < -0.39 is 0 Å². The molecule has 3 heteroatoms. The lowest BCUT2D eigenvalue weighted by Crippen LogP contribution is -2.01. The zero-order valence-corrected chi connectivity index (χ0v) is 7.77. The summed E-state index contributed by atoms with van der Waals surface area (Å²) in [5, 5.41) is 0. The lowest BCUT2D eigenvalue weighted by molar-refractivity contribution is 0.0600. The molecule has 12 heavy (non-hydrogen) atoms. The Labute approximate surface area is 77.0 Å². The number of hydrogen-bond donors (Lipinski definition) is 0. The van der Waals surface area contributed by atoms with Gasteiger partial charge >= 0.3 is 5.97 Å². The van der Waals surface area contributed by atoms with Gasteiger partial charge in [0.05, 0.1) is 12.7 Å². The third-order valence-corrected chi connectivity index (χ3v) is 2.05. The van der Waals surface area contributed by atoms with Crippen LogP contribution in [0.2, 0.25) is 0 Å². The third kappa shape index (κ3) is 1.74. The van der Waals surface area contributed by atoms with Crippen molar-refractivity contribution in [3.05, 3.63) is 29.3 Å². The van der Waals surface area contributed by atoms with Gasteiger partial charge in [-0.2, -0.15) is 0 Å². The van der Waals surface area contributed by atoms with Crippen LogP contribution in [0.5, 0.6) is 0 Å². The molecule has 0 fully saturated rings. The van der Waals surface area contributed by atoms with E-state index in [4.69, 9.17) is 12.6 Å². The van der Waals surface area contributed by atoms with Crippen LogP contribution in [-0.2, 0) is 4.74 Å². The number of esters is 1. The van der Waals surface area contributed by atoms with Gasteiger partial charge in [-0.15, -0.1) is 0 Å². The molecule has 0 saturated carbocycles. The van der Waals surface area contributed by atoms with Crippen molar-refractivity contribution in [1.29, 1.82) is 0 Å². The van der Waals surface area contributed by atoms with E-state index in [-0.39, 0.29) is 5.97 Å². The highest BCUT2D eigenvalue weighted by atomic mass is 32.1. The van der Waals surface area contributed by atoms with Crippen LogP contribution in [0.3, 0.4) is 0 Å². The Bertz CT molecular complexity index is 307. The van der Waals surface area contributed by atoms with Crippen molar-refractivity contribution in [3.8, 4) is 0 Å². The molecule has 0 aliphatic heterocycles. The van der Waals surface area contributed by atoms with Gasteiger partial charge in [0.25, 0.3) is 0 Å². The summed E-state index contributed by atoms with van der Waals surface area (Å²) >= 11 is 4.98. The first-order valence-electron chi connectivity index (χ1n) is 3.51. The van der Waals surface area contributed by atoms with Gasteiger partial charge in [-0.1, -0.05) is 12.6 Å².